The lowest BCUT2D eigenvalue weighted by Crippen LogP contribution is -2.22. The van der Waals surface area contributed by atoms with Crippen molar-refractivity contribution in [3.63, 3.8) is 0 Å². The van der Waals surface area contributed by atoms with E-state index in [0.29, 0.717) is 18.7 Å². The Hall–Kier alpha value is -2.93. The molecule has 0 bridgehead atoms. The number of nitro benzene ring substituents is 1. The van der Waals surface area contributed by atoms with Gasteiger partial charge in [0.15, 0.2) is 5.75 Å². The van der Waals surface area contributed by atoms with Crippen LogP contribution in [-0.4, -0.2) is 30.5 Å². The summed E-state index contributed by atoms with van der Waals surface area (Å²) in [6.45, 7) is 3.83. The van der Waals surface area contributed by atoms with Gasteiger partial charge in [0.1, 0.15) is 6.61 Å². The van der Waals surface area contributed by atoms with Crippen molar-refractivity contribution >= 4 is 11.6 Å². The number of carbonyl (C=O) groups excluding carboxylic acids is 1. The van der Waals surface area contributed by atoms with Crippen LogP contribution in [0.15, 0.2) is 42.5 Å². The maximum Gasteiger partial charge on any atom is 0.311 e. The number of nitrogens with two attached hydrogens (primary N) is 1. The highest BCUT2D eigenvalue weighted by molar-refractivity contribution is 5.77. The summed E-state index contributed by atoms with van der Waals surface area (Å²) in [5, 5.41) is 14.5. The molecule has 0 aliphatic carbocycles. The Labute approximate surface area is 158 Å². The first-order valence-electron chi connectivity index (χ1n) is 8.90. The molecule has 0 radical (unpaired) electrons. The zero-order chi connectivity index (χ0) is 19.6. The van der Waals surface area contributed by atoms with Crippen LogP contribution in [0, 0.1) is 17.0 Å². The van der Waals surface area contributed by atoms with E-state index >= 15 is 0 Å². The summed E-state index contributed by atoms with van der Waals surface area (Å²) in [6, 6.07) is 12.9. The SMILES string of the molecule is Cc1ccc(CCCNCCOc2ccc(CC(N)=O)cc2[N+](=O)[O-])cc1. The zero-order valence-electron chi connectivity index (χ0n) is 15.4. The first-order chi connectivity index (χ1) is 13.0. The average molecular weight is 371 g/mol. The van der Waals surface area contributed by atoms with Gasteiger partial charge >= 0.3 is 5.69 Å². The van der Waals surface area contributed by atoms with Gasteiger partial charge < -0.3 is 15.8 Å². The van der Waals surface area contributed by atoms with E-state index in [0.717, 1.165) is 19.4 Å². The molecule has 0 saturated heterocycles. The maximum absolute atomic E-state index is 11.2. The third kappa shape index (κ3) is 7.07. The van der Waals surface area contributed by atoms with Gasteiger partial charge in [-0.3, -0.25) is 14.9 Å². The fourth-order valence-corrected chi connectivity index (χ4v) is 2.67. The van der Waals surface area contributed by atoms with Crippen molar-refractivity contribution in [2.24, 2.45) is 5.73 Å². The first kappa shape index (κ1) is 20.4. The molecule has 3 N–H and O–H groups in total. The van der Waals surface area contributed by atoms with Crippen molar-refractivity contribution in [1.29, 1.82) is 0 Å². The van der Waals surface area contributed by atoms with Crippen LogP contribution in [0.1, 0.15) is 23.1 Å². The minimum atomic E-state index is -0.534. The number of ether oxygens (including phenoxy) is 1. The Morgan fingerprint density at radius 1 is 1.15 bits per heavy atom. The van der Waals surface area contributed by atoms with E-state index < -0.39 is 10.8 Å². The van der Waals surface area contributed by atoms with Gasteiger partial charge in [0, 0.05) is 12.6 Å². The molecule has 0 aliphatic heterocycles. The van der Waals surface area contributed by atoms with Crippen molar-refractivity contribution in [3.8, 4) is 5.75 Å². The fraction of sp³-hybridized carbons (Fsp3) is 0.350. The van der Waals surface area contributed by atoms with E-state index in [-0.39, 0.29) is 17.9 Å². The van der Waals surface area contributed by atoms with Gasteiger partial charge in [-0.15, -0.1) is 0 Å². The number of hydrogen-bond donors (Lipinski definition) is 2. The van der Waals surface area contributed by atoms with E-state index in [1.807, 2.05) is 0 Å². The number of nitrogens with zero attached hydrogens (tertiary/aromatic N) is 1. The van der Waals surface area contributed by atoms with Crippen LogP contribution in [-0.2, 0) is 17.6 Å². The Balaban J connectivity index is 1.72. The van der Waals surface area contributed by atoms with E-state index in [2.05, 4.69) is 36.5 Å². The summed E-state index contributed by atoms with van der Waals surface area (Å²) < 4.78 is 5.52. The summed E-state index contributed by atoms with van der Waals surface area (Å²) in [6.07, 6.45) is 1.97. The second kappa shape index (κ2) is 10.3. The summed E-state index contributed by atoms with van der Waals surface area (Å²) in [7, 11) is 0. The van der Waals surface area contributed by atoms with Crippen molar-refractivity contribution in [3.05, 3.63) is 69.3 Å². The lowest BCUT2D eigenvalue weighted by Gasteiger charge is -2.09. The van der Waals surface area contributed by atoms with Crippen LogP contribution >= 0.6 is 0 Å². The van der Waals surface area contributed by atoms with Gasteiger partial charge in [0.05, 0.1) is 11.3 Å². The molecule has 0 fully saturated rings. The fourth-order valence-electron chi connectivity index (χ4n) is 2.67. The quantitative estimate of drug-likeness (QED) is 0.358. The third-order valence-electron chi connectivity index (χ3n) is 4.07. The lowest BCUT2D eigenvalue weighted by atomic mass is 10.1. The number of primary amides is 1. The largest absolute Gasteiger partial charge is 0.485 e. The summed E-state index contributed by atoms with van der Waals surface area (Å²) >= 11 is 0. The van der Waals surface area contributed by atoms with E-state index in [1.54, 1.807) is 6.07 Å². The van der Waals surface area contributed by atoms with Gasteiger partial charge in [0.25, 0.3) is 0 Å². The van der Waals surface area contributed by atoms with Crippen molar-refractivity contribution in [2.45, 2.75) is 26.2 Å². The molecular formula is C20H25N3O4. The molecule has 0 aromatic heterocycles. The smallest absolute Gasteiger partial charge is 0.311 e. The molecule has 7 heteroatoms. The Morgan fingerprint density at radius 2 is 1.85 bits per heavy atom. The van der Waals surface area contributed by atoms with Gasteiger partial charge in [-0.25, -0.2) is 0 Å². The lowest BCUT2D eigenvalue weighted by molar-refractivity contribution is -0.385. The van der Waals surface area contributed by atoms with Crippen molar-refractivity contribution < 1.29 is 14.5 Å². The van der Waals surface area contributed by atoms with Crippen LogP contribution in [0.3, 0.4) is 0 Å². The average Bonchev–Trinajstić information content (AvgIpc) is 2.62. The number of benzene rings is 2. The number of nitro groups is 1. The number of nitrogens with one attached hydrogen (secondary N) is 1. The molecule has 7 nitrogen and oxygen atoms in total. The standard InChI is InChI=1S/C20H25N3O4/c1-15-4-6-16(7-5-15)3-2-10-22-11-12-27-19-9-8-17(14-20(21)24)13-18(19)23(25)26/h4-9,13,22H,2-3,10-12,14H2,1H3,(H2,21,24). The Morgan fingerprint density at radius 3 is 2.52 bits per heavy atom. The number of carbonyl (C=O) groups is 1. The van der Waals surface area contributed by atoms with E-state index in [1.165, 1.54) is 23.3 Å². The van der Waals surface area contributed by atoms with Gasteiger partial charge in [-0.05, 0) is 43.5 Å². The molecule has 0 saturated carbocycles. The first-order valence-corrected chi connectivity index (χ1v) is 8.90. The highest BCUT2D eigenvalue weighted by Gasteiger charge is 2.16. The van der Waals surface area contributed by atoms with Gasteiger partial charge in [-0.1, -0.05) is 35.9 Å². The molecule has 1 amide bonds. The molecule has 0 aliphatic rings. The second-order valence-corrected chi connectivity index (χ2v) is 6.39. The van der Waals surface area contributed by atoms with Crippen LogP contribution in [0.25, 0.3) is 0 Å². The van der Waals surface area contributed by atoms with Crippen LogP contribution in [0.5, 0.6) is 5.75 Å². The molecule has 2 aromatic rings. The normalized spacial score (nSPS) is 10.6. The summed E-state index contributed by atoms with van der Waals surface area (Å²) in [5.41, 5.74) is 8.03. The zero-order valence-corrected chi connectivity index (χ0v) is 15.4. The van der Waals surface area contributed by atoms with E-state index in [4.69, 9.17) is 10.5 Å². The molecule has 0 heterocycles. The third-order valence-corrected chi connectivity index (χ3v) is 4.07. The number of amides is 1. The molecule has 2 rings (SSSR count). The van der Waals surface area contributed by atoms with Gasteiger partial charge in [-0.2, -0.15) is 0 Å². The van der Waals surface area contributed by atoms with Crippen LogP contribution < -0.4 is 15.8 Å². The Bertz CT molecular complexity index is 775. The molecular weight excluding hydrogens is 346 g/mol. The van der Waals surface area contributed by atoms with Gasteiger partial charge in [0.2, 0.25) is 5.91 Å². The second-order valence-electron chi connectivity index (χ2n) is 6.39. The highest BCUT2D eigenvalue weighted by Crippen LogP contribution is 2.28. The number of rotatable bonds is 11. The molecule has 0 atom stereocenters. The monoisotopic (exact) mass is 371 g/mol. The van der Waals surface area contributed by atoms with Crippen molar-refractivity contribution in [1.82, 2.24) is 5.32 Å². The maximum atomic E-state index is 11.2. The Kier molecular flexibility index (Phi) is 7.76. The molecule has 0 unspecified atom stereocenters. The summed E-state index contributed by atoms with van der Waals surface area (Å²) in [4.78, 5) is 21.6. The minimum Gasteiger partial charge on any atom is -0.485 e. The minimum absolute atomic E-state index is 0.0380. The number of hydrogen-bond acceptors (Lipinski definition) is 5. The molecule has 27 heavy (non-hydrogen) atoms. The van der Waals surface area contributed by atoms with E-state index in [9.17, 15) is 14.9 Å². The van der Waals surface area contributed by atoms with Crippen molar-refractivity contribution in [2.75, 3.05) is 19.7 Å². The van der Waals surface area contributed by atoms with Crippen LogP contribution in [0.4, 0.5) is 5.69 Å². The highest BCUT2D eigenvalue weighted by atomic mass is 16.6. The predicted molar refractivity (Wildman–Crippen MR) is 104 cm³/mol. The molecule has 2 aromatic carbocycles. The van der Waals surface area contributed by atoms with Crippen LogP contribution in [0.2, 0.25) is 0 Å². The number of aryl methyl sites for hydroxylation is 2. The summed E-state index contributed by atoms with van der Waals surface area (Å²) in [5.74, 6) is -0.345. The topological polar surface area (TPSA) is 107 Å². The molecule has 144 valence electrons. The molecule has 0 spiro atoms. The predicted octanol–water partition coefficient (Wildman–Crippen LogP) is 2.53.